The molecular weight excluding hydrogens is 274 g/mol. The summed E-state index contributed by atoms with van der Waals surface area (Å²) in [6.07, 6.45) is 0.496. The van der Waals surface area contributed by atoms with Gasteiger partial charge in [-0.25, -0.2) is 13.1 Å². The Morgan fingerprint density at radius 2 is 1.60 bits per heavy atom. The van der Waals surface area contributed by atoms with Crippen LogP contribution in [0.1, 0.15) is 18.1 Å². The van der Waals surface area contributed by atoms with Crippen molar-refractivity contribution in [1.82, 2.24) is 4.72 Å². The van der Waals surface area contributed by atoms with Gasteiger partial charge in [0.1, 0.15) is 0 Å². The Morgan fingerprint density at radius 3 is 2.25 bits per heavy atom. The van der Waals surface area contributed by atoms with Gasteiger partial charge >= 0.3 is 0 Å². The summed E-state index contributed by atoms with van der Waals surface area (Å²) in [5.74, 6) is -0.598. The summed E-state index contributed by atoms with van der Waals surface area (Å²) < 4.78 is 26.2. The lowest BCUT2D eigenvalue weighted by Crippen LogP contribution is -2.29. The number of amides is 1. The van der Waals surface area contributed by atoms with E-state index in [4.69, 9.17) is 0 Å². The molecule has 0 heterocycles. The Morgan fingerprint density at radius 1 is 1.00 bits per heavy atom. The summed E-state index contributed by atoms with van der Waals surface area (Å²) in [6.45, 7) is 1.18. The zero-order valence-electron chi connectivity index (χ0n) is 11.0. The van der Waals surface area contributed by atoms with E-state index in [0.29, 0.717) is 12.0 Å². The number of hydrogen-bond acceptors (Lipinski definition) is 3. The largest absolute Gasteiger partial charge is 0.274 e. The number of rotatable bonds is 4. The first-order chi connectivity index (χ1) is 9.49. The number of sulfonamides is 1. The molecule has 0 atom stereocenters. The molecule has 0 radical (unpaired) electrons. The van der Waals surface area contributed by atoms with Crippen LogP contribution >= 0.6 is 0 Å². The van der Waals surface area contributed by atoms with Gasteiger partial charge in [-0.3, -0.25) is 4.79 Å². The highest BCUT2D eigenvalue weighted by Crippen LogP contribution is 2.18. The zero-order valence-corrected chi connectivity index (χ0v) is 11.9. The molecule has 0 spiro atoms. The van der Waals surface area contributed by atoms with Crippen molar-refractivity contribution < 1.29 is 13.2 Å². The van der Waals surface area contributed by atoms with Gasteiger partial charge in [-0.15, -0.1) is 0 Å². The van der Waals surface area contributed by atoms with Crippen molar-refractivity contribution in [2.24, 2.45) is 0 Å². The first-order valence-corrected chi connectivity index (χ1v) is 7.62. The maximum atomic E-state index is 12.1. The monoisotopic (exact) mass is 289 g/mol. The van der Waals surface area contributed by atoms with Crippen LogP contribution in [0.4, 0.5) is 0 Å². The normalized spacial score (nSPS) is 11.1. The molecule has 0 bridgehead atoms. The lowest BCUT2D eigenvalue weighted by Gasteiger charge is -2.10. The lowest BCUT2D eigenvalue weighted by molar-refractivity contribution is -0.117. The van der Waals surface area contributed by atoms with Crippen LogP contribution in [0.25, 0.3) is 0 Å². The third kappa shape index (κ3) is 3.45. The second-order valence-corrected chi connectivity index (χ2v) is 6.08. The molecule has 4 nitrogen and oxygen atoms in total. The predicted octanol–water partition coefficient (Wildman–Crippen LogP) is 2.10. The van der Waals surface area contributed by atoms with Crippen LogP contribution in [-0.4, -0.2) is 14.3 Å². The van der Waals surface area contributed by atoms with E-state index in [1.165, 1.54) is 13.0 Å². The summed E-state index contributed by atoms with van der Waals surface area (Å²) in [6, 6.07) is 16.3. The van der Waals surface area contributed by atoms with E-state index in [9.17, 15) is 13.2 Å². The van der Waals surface area contributed by atoms with E-state index >= 15 is 0 Å². The Kier molecular flexibility index (Phi) is 4.20. The highest BCUT2D eigenvalue weighted by molar-refractivity contribution is 7.90. The maximum absolute atomic E-state index is 12.1. The second-order valence-electron chi connectivity index (χ2n) is 4.43. The van der Waals surface area contributed by atoms with Crippen molar-refractivity contribution in [3.05, 3.63) is 65.7 Å². The van der Waals surface area contributed by atoms with Crippen molar-refractivity contribution in [3.8, 4) is 0 Å². The Labute approximate surface area is 118 Å². The van der Waals surface area contributed by atoms with E-state index in [1.807, 2.05) is 35.1 Å². The van der Waals surface area contributed by atoms with Crippen molar-refractivity contribution in [3.63, 3.8) is 0 Å². The van der Waals surface area contributed by atoms with Gasteiger partial charge in [-0.1, -0.05) is 48.5 Å². The van der Waals surface area contributed by atoms with Crippen LogP contribution in [0.15, 0.2) is 59.5 Å². The van der Waals surface area contributed by atoms with E-state index in [2.05, 4.69) is 0 Å². The standard InChI is InChI=1S/C15H15NO3S/c1-12(17)16-20(18,19)15-10-6-5-9-14(15)11-13-7-3-2-4-8-13/h2-10H,11H2,1H3,(H,16,17). The van der Waals surface area contributed by atoms with Crippen molar-refractivity contribution >= 4 is 15.9 Å². The number of nitrogens with one attached hydrogen (secondary N) is 1. The fraction of sp³-hybridized carbons (Fsp3) is 0.133. The average Bonchev–Trinajstić information content (AvgIpc) is 2.39. The van der Waals surface area contributed by atoms with Gasteiger partial charge in [0.25, 0.3) is 10.0 Å². The van der Waals surface area contributed by atoms with Gasteiger partial charge < -0.3 is 0 Å². The van der Waals surface area contributed by atoms with Crippen LogP contribution in [0.2, 0.25) is 0 Å². The van der Waals surface area contributed by atoms with Gasteiger partial charge in [0.15, 0.2) is 0 Å². The molecule has 0 aliphatic rings. The number of carbonyl (C=O) groups is 1. The molecule has 20 heavy (non-hydrogen) atoms. The highest BCUT2D eigenvalue weighted by Gasteiger charge is 2.19. The summed E-state index contributed by atoms with van der Waals surface area (Å²) in [4.78, 5) is 11.2. The first-order valence-electron chi connectivity index (χ1n) is 6.14. The van der Waals surface area contributed by atoms with E-state index in [1.54, 1.807) is 18.2 Å². The molecule has 0 aromatic heterocycles. The van der Waals surface area contributed by atoms with Crippen molar-refractivity contribution in [2.75, 3.05) is 0 Å². The fourth-order valence-electron chi connectivity index (χ4n) is 1.97. The Bertz CT molecular complexity index is 709. The third-order valence-electron chi connectivity index (χ3n) is 2.78. The van der Waals surface area contributed by atoms with E-state index in [-0.39, 0.29) is 4.90 Å². The lowest BCUT2D eigenvalue weighted by atomic mass is 10.1. The van der Waals surface area contributed by atoms with Crippen LogP contribution in [-0.2, 0) is 21.2 Å². The molecule has 2 aromatic rings. The number of benzene rings is 2. The van der Waals surface area contributed by atoms with Gasteiger partial charge in [0.2, 0.25) is 5.91 Å². The van der Waals surface area contributed by atoms with Gasteiger partial charge in [-0.05, 0) is 23.6 Å². The molecular formula is C15H15NO3S. The van der Waals surface area contributed by atoms with Crippen LogP contribution in [0.5, 0.6) is 0 Å². The van der Waals surface area contributed by atoms with Crippen molar-refractivity contribution in [2.45, 2.75) is 18.2 Å². The molecule has 2 rings (SSSR count). The second kappa shape index (κ2) is 5.88. The van der Waals surface area contributed by atoms with Gasteiger partial charge in [0, 0.05) is 6.92 Å². The van der Waals surface area contributed by atoms with Crippen LogP contribution in [0.3, 0.4) is 0 Å². The molecule has 0 aliphatic heterocycles. The van der Waals surface area contributed by atoms with E-state index in [0.717, 1.165) is 5.56 Å². The molecule has 1 N–H and O–H groups in total. The van der Waals surface area contributed by atoms with E-state index < -0.39 is 15.9 Å². The summed E-state index contributed by atoms with van der Waals surface area (Å²) >= 11 is 0. The van der Waals surface area contributed by atoms with Gasteiger partial charge in [-0.2, -0.15) is 0 Å². The molecule has 5 heteroatoms. The molecule has 0 aliphatic carbocycles. The molecule has 0 saturated heterocycles. The smallest absolute Gasteiger partial charge is 0.264 e. The summed E-state index contributed by atoms with van der Waals surface area (Å²) in [7, 11) is -3.81. The predicted molar refractivity (Wildman–Crippen MR) is 76.7 cm³/mol. The van der Waals surface area contributed by atoms with Crippen LogP contribution < -0.4 is 4.72 Å². The quantitative estimate of drug-likeness (QED) is 0.937. The summed E-state index contributed by atoms with van der Waals surface area (Å²) in [5, 5.41) is 0. The number of carbonyl (C=O) groups excluding carboxylic acids is 1. The molecule has 1 amide bonds. The topological polar surface area (TPSA) is 63.2 Å². The molecule has 0 saturated carbocycles. The minimum atomic E-state index is -3.81. The Hall–Kier alpha value is -2.14. The summed E-state index contributed by atoms with van der Waals surface area (Å²) in [5.41, 5.74) is 1.67. The zero-order chi connectivity index (χ0) is 14.6. The Balaban J connectivity index is 2.39. The van der Waals surface area contributed by atoms with Gasteiger partial charge in [0.05, 0.1) is 4.90 Å². The first kappa shape index (κ1) is 14.3. The van der Waals surface area contributed by atoms with Crippen LogP contribution in [0, 0.1) is 0 Å². The number of hydrogen-bond donors (Lipinski definition) is 1. The highest BCUT2D eigenvalue weighted by atomic mass is 32.2. The maximum Gasteiger partial charge on any atom is 0.264 e. The molecule has 104 valence electrons. The molecule has 2 aromatic carbocycles. The third-order valence-corrected chi connectivity index (χ3v) is 4.31. The minimum absolute atomic E-state index is 0.138. The SMILES string of the molecule is CC(=O)NS(=O)(=O)c1ccccc1Cc1ccccc1. The fourth-order valence-corrected chi connectivity index (χ4v) is 3.20. The van der Waals surface area contributed by atoms with Crippen molar-refractivity contribution in [1.29, 1.82) is 0 Å². The molecule has 0 unspecified atom stereocenters. The average molecular weight is 289 g/mol. The molecule has 0 fully saturated rings. The minimum Gasteiger partial charge on any atom is -0.274 e.